The van der Waals surface area contributed by atoms with E-state index in [-0.39, 0.29) is 36.9 Å². The molecule has 0 bridgehead atoms. The lowest BCUT2D eigenvalue weighted by molar-refractivity contribution is -0.116. The van der Waals surface area contributed by atoms with E-state index < -0.39 is 17.3 Å². The second kappa shape index (κ2) is 7.88. The number of hydrogen-bond acceptors (Lipinski definition) is 2. The van der Waals surface area contributed by atoms with E-state index in [1.807, 2.05) is 0 Å². The molecule has 1 unspecified atom stereocenters. The van der Waals surface area contributed by atoms with Crippen LogP contribution in [0.5, 0.6) is 0 Å². The van der Waals surface area contributed by atoms with Crippen LogP contribution in [-0.4, -0.2) is 29.8 Å². The molecule has 4 nitrogen and oxygen atoms in total. The van der Waals surface area contributed by atoms with Gasteiger partial charge in [0.15, 0.2) is 5.67 Å². The number of amides is 2. The van der Waals surface area contributed by atoms with Crippen molar-refractivity contribution in [2.24, 2.45) is 0 Å². The van der Waals surface area contributed by atoms with E-state index in [4.69, 9.17) is 0 Å². The van der Waals surface area contributed by atoms with Crippen LogP contribution in [0.25, 0.3) is 0 Å². The van der Waals surface area contributed by atoms with E-state index in [0.717, 1.165) is 17.7 Å². The molecule has 0 radical (unpaired) electrons. The van der Waals surface area contributed by atoms with Gasteiger partial charge in [0.25, 0.3) is 5.91 Å². The summed E-state index contributed by atoms with van der Waals surface area (Å²) in [4.78, 5) is 25.2. The smallest absolute Gasteiger partial charge is 0.253 e. The number of halogens is 3. The molecule has 1 heterocycles. The first-order valence-electron chi connectivity index (χ1n) is 8.75. The number of alkyl halides is 1. The van der Waals surface area contributed by atoms with Crippen molar-refractivity contribution < 1.29 is 22.8 Å². The maximum absolute atomic E-state index is 15.2. The van der Waals surface area contributed by atoms with E-state index in [0.29, 0.717) is 18.2 Å². The molecule has 0 aliphatic carbocycles. The van der Waals surface area contributed by atoms with Crippen LogP contribution in [0.1, 0.15) is 27.9 Å². The van der Waals surface area contributed by atoms with Gasteiger partial charge >= 0.3 is 0 Å². The molecular formula is C21H19F3N2O2. The molecule has 28 heavy (non-hydrogen) atoms. The van der Waals surface area contributed by atoms with Crippen LogP contribution in [0, 0.1) is 11.6 Å². The number of carbonyl (C=O) groups excluding carboxylic acids is 2. The van der Waals surface area contributed by atoms with Crippen LogP contribution in [-0.2, 0) is 17.0 Å². The number of likely N-dealkylation sites (tertiary alicyclic amines) is 1. The highest BCUT2D eigenvalue weighted by Crippen LogP contribution is 2.37. The summed E-state index contributed by atoms with van der Waals surface area (Å²) in [5, 5.41) is 2.63. The minimum absolute atomic E-state index is 0.0344. The summed E-state index contributed by atoms with van der Waals surface area (Å²) in [6, 6.07) is 9.18. The third-order valence-electron chi connectivity index (χ3n) is 4.74. The molecule has 1 aliphatic rings. The van der Waals surface area contributed by atoms with E-state index >= 15 is 4.39 Å². The Bertz CT molecular complexity index is 894. The lowest BCUT2D eigenvalue weighted by Gasteiger charge is -2.22. The Kier molecular flexibility index (Phi) is 5.53. The first-order valence-corrected chi connectivity index (χ1v) is 8.75. The Morgan fingerprint density at radius 1 is 1.14 bits per heavy atom. The average molecular weight is 388 g/mol. The van der Waals surface area contributed by atoms with Crippen LogP contribution < -0.4 is 5.32 Å². The fourth-order valence-corrected chi connectivity index (χ4v) is 3.20. The van der Waals surface area contributed by atoms with E-state index in [2.05, 4.69) is 11.9 Å². The number of rotatable bonds is 5. The predicted octanol–water partition coefficient (Wildman–Crippen LogP) is 3.48. The van der Waals surface area contributed by atoms with Crippen LogP contribution in [0.3, 0.4) is 0 Å². The number of nitrogens with zero attached hydrogens (tertiary/aromatic N) is 1. The molecule has 1 N–H and O–H groups in total. The van der Waals surface area contributed by atoms with Gasteiger partial charge in [-0.1, -0.05) is 18.7 Å². The number of benzene rings is 2. The molecule has 7 heteroatoms. The van der Waals surface area contributed by atoms with Gasteiger partial charge in [-0.2, -0.15) is 0 Å². The van der Waals surface area contributed by atoms with E-state index in [1.54, 1.807) is 24.3 Å². The largest absolute Gasteiger partial charge is 0.348 e. The molecule has 1 aliphatic heterocycles. The SMILES string of the molecule is C=CC(=O)NCc1ccc(C(=O)N2CCC(F)(c3cc(F)cc(F)c3)C2)cc1. The van der Waals surface area contributed by atoms with Gasteiger partial charge in [0.1, 0.15) is 11.6 Å². The topological polar surface area (TPSA) is 49.4 Å². The second-order valence-corrected chi connectivity index (χ2v) is 6.72. The minimum Gasteiger partial charge on any atom is -0.348 e. The van der Waals surface area contributed by atoms with Crippen molar-refractivity contribution in [3.63, 3.8) is 0 Å². The number of hydrogen-bond donors (Lipinski definition) is 1. The zero-order valence-corrected chi connectivity index (χ0v) is 15.1. The summed E-state index contributed by atoms with van der Waals surface area (Å²) in [5.41, 5.74) is -0.932. The maximum Gasteiger partial charge on any atom is 0.253 e. The lowest BCUT2D eigenvalue weighted by atomic mass is 9.95. The van der Waals surface area contributed by atoms with Gasteiger partial charge in [0, 0.05) is 31.1 Å². The summed E-state index contributed by atoms with van der Waals surface area (Å²) in [6.07, 6.45) is 1.13. The van der Waals surface area contributed by atoms with Gasteiger partial charge in [0.05, 0.1) is 6.54 Å². The fraction of sp³-hybridized carbons (Fsp3) is 0.238. The summed E-state index contributed by atoms with van der Waals surface area (Å²) in [6.45, 7) is 3.53. The highest BCUT2D eigenvalue weighted by atomic mass is 19.1. The Hall–Kier alpha value is -3.09. The van der Waals surface area contributed by atoms with Crippen LogP contribution in [0.2, 0.25) is 0 Å². The normalized spacial score (nSPS) is 18.8. The van der Waals surface area contributed by atoms with Crippen molar-refractivity contribution in [1.29, 1.82) is 0 Å². The van der Waals surface area contributed by atoms with Crippen LogP contribution >= 0.6 is 0 Å². The molecule has 2 aromatic carbocycles. The maximum atomic E-state index is 15.2. The molecular weight excluding hydrogens is 369 g/mol. The number of carbonyl (C=O) groups is 2. The summed E-state index contributed by atoms with van der Waals surface area (Å²) < 4.78 is 42.1. The molecule has 1 fully saturated rings. The highest BCUT2D eigenvalue weighted by Gasteiger charge is 2.42. The third kappa shape index (κ3) is 4.24. The molecule has 1 saturated heterocycles. The van der Waals surface area contributed by atoms with Crippen molar-refractivity contribution in [2.45, 2.75) is 18.6 Å². The first-order chi connectivity index (χ1) is 13.3. The third-order valence-corrected chi connectivity index (χ3v) is 4.74. The summed E-state index contributed by atoms with van der Waals surface area (Å²) >= 11 is 0. The second-order valence-electron chi connectivity index (χ2n) is 6.72. The molecule has 3 rings (SSSR count). The Morgan fingerprint density at radius 2 is 1.79 bits per heavy atom. The quantitative estimate of drug-likeness (QED) is 0.798. The van der Waals surface area contributed by atoms with Gasteiger partial charge in [-0.05, 0) is 41.5 Å². The predicted molar refractivity (Wildman–Crippen MR) is 98.2 cm³/mol. The van der Waals surface area contributed by atoms with Crippen LogP contribution in [0.4, 0.5) is 13.2 Å². The van der Waals surface area contributed by atoms with Crippen LogP contribution in [0.15, 0.2) is 55.1 Å². The average Bonchev–Trinajstić information content (AvgIpc) is 3.09. The summed E-state index contributed by atoms with van der Waals surface area (Å²) in [5.74, 6) is -2.37. The highest BCUT2D eigenvalue weighted by molar-refractivity contribution is 5.94. The molecule has 146 valence electrons. The van der Waals surface area contributed by atoms with Crippen molar-refractivity contribution in [2.75, 3.05) is 13.1 Å². The monoisotopic (exact) mass is 388 g/mol. The van der Waals surface area contributed by atoms with E-state index in [9.17, 15) is 18.4 Å². The standard InChI is InChI=1S/C21H19F3N2O2/c1-2-19(27)25-12-14-3-5-15(6-4-14)20(28)26-8-7-21(24,13-26)16-9-17(22)11-18(23)10-16/h2-6,9-11H,1,7-8,12-13H2,(H,25,27). The summed E-state index contributed by atoms with van der Waals surface area (Å²) in [7, 11) is 0. The first kappa shape index (κ1) is 19.7. The molecule has 0 aromatic heterocycles. The molecule has 0 saturated carbocycles. The van der Waals surface area contributed by atoms with Crippen molar-refractivity contribution >= 4 is 11.8 Å². The molecule has 2 aromatic rings. The van der Waals surface area contributed by atoms with Crippen molar-refractivity contribution in [3.05, 3.63) is 83.4 Å². The van der Waals surface area contributed by atoms with Crippen molar-refractivity contribution in [3.8, 4) is 0 Å². The lowest BCUT2D eigenvalue weighted by Crippen LogP contribution is -2.32. The Morgan fingerprint density at radius 3 is 2.39 bits per heavy atom. The van der Waals surface area contributed by atoms with Gasteiger partial charge < -0.3 is 10.2 Å². The molecule has 1 atom stereocenters. The van der Waals surface area contributed by atoms with Crippen molar-refractivity contribution in [1.82, 2.24) is 10.2 Å². The van der Waals surface area contributed by atoms with Gasteiger partial charge in [-0.15, -0.1) is 0 Å². The molecule has 0 spiro atoms. The van der Waals surface area contributed by atoms with E-state index in [1.165, 1.54) is 11.0 Å². The Labute approximate surface area is 160 Å². The Balaban J connectivity index is 1.68. The minimum atomic E-state index is -1.99. The molecule has 2 amide bonds. The number of nitrogens with one attached hydrogen (secondary N) is 1. The van der Waals surface area contributed by atoms with Gasteiger partial charge in [0.2, 0.25) is 5.91 Å². The van der Waals surface area contributed by atoms with Gasteiger partial charge in [-0.3, -0.25) is 9.59 Å². The van der Waals surface area contributed by atoms with Gasteiger partial charge in [-0.25, -0.2) is 13.2 Å². The zero-order valence-electron chi connectivity index (χ0n) is 15.1. The fourth-order valence-electron chi connectivity index (χ4n) is 3.20. The zero-order chi connectivity index (χ0) is 20.3.